The van der Waals surface area contributed by atoms with E-state index < -0.39 is 23.1 Å². The first-order chi connectivity index (χ1) is 7.64. The lowest BCUT2D eigenvalue weighted by atomic mass is 9.79. The van der Waals surface area contributed by atoms with Gasteiger partial charge in [0.2, 0.25) is 0 Å². The number of aromatic nitrogens is 1. The Morgan fingerprint density at radius 3 is 2.41 bits per heavy atom. The Labute approximate surface area is 96.3 Å². The molecule has 0 aliphatic rings. The summed E-state index contributed by atoms with van der Waals surface area (Å²) < 4.78 is 38.2. The summed E-state index contributed by atoms with van der Waals surface area (Å²) in [5, 5.41) is 8.71. The summed E-state index contributed by atoms with van der Waals surface area (Å²) in [7, 11) is 0. The molecule has 0 saturated carbocycles. The van der Waals surface area contributed by atoms with E-state index in [1.807, 2.05) is 0 Å². The van der Waals surface area contributed by atoms with E-state index >= 15 is 0 Å². The first-order valence-electron chi connectivity index (χ1n) is 4.88. The molecule has 1 aromatic rings. The number of carboxylic acids is 1. The van der Waals surface area contributed by atoms with Gasteiger partial charge in [0, 0.05) is 17.8 Å². The zero-order valence-electron chi connectivity index (χ0n) is 9.38. The number of halogens is 3. The highest BCUT2D eigenvalue weighted by Gasteiger charge is 2.38. The van der Waals surface area contributed by atoms with Crippen molar-refractivity contribution < 1.29 is 23.1 Å². The van der Waals surface area contributed by atoms with Crippen LogP contribution in [0.25, 0.3) is 0 Å². The average molecular weight is 247 g/mol. The Morgan fingerprint density at radius 1 is 1.35 bits per heavy atom. The lowest BCUT2D eigenvalue weighted by molar-refractivity contribution is -0.141. The van der Waals surface area contributed by atoms with Crippen molar-refractivity contribution in [2.75, 3.05) is 0 Å². The number of carboxylic acid groups (broad SMARTS) is 1. The second-order valence-corrected chi connectivity index (χ2v) is 4.37. The Hall–Kier alpha value is -1.59. The lowest BCUT2D eigenvalue weighted by Crippen LogP contribution is -2.26. The number of pyridine rings is 1. The van der Waals surface area contributed by atoms with Crippen LogP contribution >= 0.6 is 0 Å². The summed E-state index contributed by atoms with van der Waals surface area (Å²) in [5.74, 6) is -1.14. The molecule has 0 atom stereocenters. The van der Waals surface area contributed by atoms with Crippen molar-refractivity contribution in [1.29, 1.82) is 0 Å². The molecule has 6 heteroatoms. The Bertz CT molecular complexity index is 427. The molecule has 0 fully saturated rings. The van der Waals surface area contributed by atoms with E-state index in [2.05, 4.69) is 4.98 Å². The SMILES string of the molecule is CC(C)(CC(=O)O)c1ccncc1C(F)(F)F. The lowest BCUT2D eigenvalue weighted by Gasteiger charge is -2.26. The topological polar surface area (TPSA) is 50.2 Å². The van der Waals surface area contributed by atoms with Gasteiger partial charge in [0.15, 0.2) is 0 Å². The van der Waals surface area contributed by atoms with Crippen LogP contribution in [-0.4, -0.2) is 16.1 Å². The second-order valence-electron chi connectivity index (χ2n) is 4.37. The van der Waals surface area contributed by atoms with Gasteiger partial charge in [-0.15, -0.1) is 0 Å². The van der Waals surface area contributed by atoms with Gasteiger partial charge in [-0.2, -0.15) is 13.2 Å². The van der Waals surface area contributed by atoms with Crippen LogP contribution in [0.3, 0.4) is 0 Å². The Balaban J connectivity index is 3.26. The van der Waals surface area contributed by atoms with Gasteiger partial charge < -0.3 is 5.11 Å². The molecular weight excluding hydrogens is 235 g/mol. The quantitative estimate of drug-likeness (QED) is 0.893. The second kappa shape index (κ2) is 4.35. The van der Waals surface area contributed by atoms with Crippen LogP contribution in [0.1, 0.15) is 31.4 Å². The van der Waals surface area contributed by atoms with E-state index in [-0.39, 0.29) is 12.0 Å². The minimum absolute atomic E-state index is 0.0533. The highest BCUT2D eigenvalue weighted by atomic mass is 19.4. The van der Waals surface area contributed by atoms with Crippen molar-refractivity contribution in [3.8, 4) is 0 Å². The fraction of sp³-hybridized carbons (Fsp3) is 0.455. The fourth-order valence-electron chi connectivity index (χ4n) is 1.68. The van der Waals surface area contributed by atoms with Crippen LogP contribution in [0.4, 0.5) is 13.2 Å². The van der Waals surface area contributed by atoms with E-state index in [9.17, 15) is 18.0 Å². The fourth-order valence-corrected chi connectivity index (χ4v) is 1.68. The number of carbonyl (C=O) groups is 1. The number of hydrogen-bond acceptors (Lipinski definition) is 2. The molecule has 1 aromatic heterocycles. The summed E-state index contributed by atoms with van der Waals surface area (Å²) >= 11 is 0. The molecule has 0 saturated heterocycles. The average Bonchev–Trinajstić information content (AvgIpc) is 2.14. The van der Waals surface area contributed by atoms with Gasteiger partial charge in [0.1, 0.15) is 0 Å². The maximum Gasteiger partial charge on any atom is 0.418 e. The predicted molar refractivity (Wildman–Crippen MR) is 54.5 cm³/mol. The predicted octanol–water partition coefficient (Wildman–Crippen LogP) is 2.85. The molecule has 0 aliphatic carbocycles. The van der Waals surface area contributed by atoms with Crippen LogP contribution in [0.2, 0.25) is 0 Å². The standard InChI is InChI=1S/C11H12F3NO2/c1-10(2,5-9(16)17)7-3-4-15-6-8(7)11(12,13)14/h3-4,6H,5H2,1-2H3,(H,16,17). The van der Waals surface area contributed by atoms with Crippen LogP contribution in [0, 0.1) is 0 Å². The zero-order valence-corrected chi connectivity index (χ0v) is 9.38. The monoisotopic (exact) mass is 247 g/mol. The number of nitrogens with zero attached hydrogens (tertiary/aromatic N) is 1. The molecule has 0 spiro atoms. The van der Waals surface area contributed by atoms with Gasteiger partial charge >= 0.3 is 12.1 Å². The van der Waals surface area contributed by atoms with Crippen molar-refractivity contribution in [3.05, 3.63) is 29.6 Å². The zero-order chi connectivity index (χ0) is 13.3. The van der Waals surface area contributed by atoms with Crippen molar-refractivity contribution in [1.82, 2.24) is 4.98 Å². The van der Waals surface area contributed by atoms with E-state index in [1.54, 1.807) is 0 Å². The molecule has 0 bridgehead atoms. The molecule has 1 rings (SSSR count). The summed E-state index contributed by atoms with van der Waals surface area (Å²) in [6.45, 7) is 2.93. The number of hydrogen-bond donors (Lipinski definition) is 1. The molecule has 17 heavy (non-hydrogen) atoms. The highest BCUT2D eigenvalue weighted by Crippen LogP contribution is 2.38. The summed E-state index contributed by atoms with van der Waals surface area (Å²) in [6, 6.07) is 1.21. The molecule has 3 nitrogen and oxygen atoms in total. The van der Waals surface area contributed by atoms with E-state index in [0.29, 0.717) is 0 Å². The van der Waals surface area contributed by atoms with Gasteiger partial charge in [-0.25, -0.2) is 0 Å². The molecule has 1 N–H and O–H groups in total. The van der Waals surface area contributed by atoms with Crippen LogP contribution in [-0.2, 0) is 16.4 Å². The summed E-state index contributed by atoms with van der Waals surface area (Å²) in [6.07, 6.45) is -2.95. The maximum absolute atomic E-state index is 12.7. The minimum Gasteiger partial charge on any atom is -0.481 e. The number of rotatable bonds is 3. The van der Waals surface area contributed by atoms with E-state index in [1.165, 1.54) is 26.1 Å². The molecule has 0 radical (unpaired) electrons. The van der Waals surface area contributed by atoms with Gasteiger partial charge in [0.05, 0.1) is 12.0 Å². The van der Waals surface area contributed by atoms with Gasteiger partial charge in [-0.05, 0) is 11.6 Å². The van der Waals surface area contributed by atoms with Gasteiger partial charge in [-0.3, -0.25) is 9.78 Å². The largest absolute Gasteiger partial charge is 0.481 e. The highest BCUT2D eigenvalue weighted by molar-refractivity contribution is 5.69. The van der Waals surface area contributed by atoms with Crippen molar-refractivity contribution >= 4 is 5.97 Å². The third-order valence-electron chi connectivity index (χ3n) is 2.45. The molecule has 0 aromatic carbocycles. The minimum atomic E-state index is -4.53. The maximum atomic E-state index is 12.7. The van der Waals surface area contributed by atoms with Crippen LogP contribution < -0.4 is 0 Å². The van der Waals surface area contributed by atoms with Crippen LogP contribution in [0.5, 0.6) is 0 Å². The molecule has 94 valence electrons. The smallest absolute Gasteiger partial charge is 0.418 e. The molecule has 0 amide bonds. The summed E-state index contributed by atoms with van der Waals surface area (Å²) in [4.78, 5) is 14.1. The molecular formula is C11H12F3NO2. The number of aliphatic carboxylic acids is 1. The van der Waals surface area contributed by atoms with Crippen LogP contribution in [0.15, 0.2) is 18.5 Å². The van der Waals surface area contributed by atoms with Crippen molar-refractivity contribution in [2.45, 2.75) is 31.9 Å². The third-order valence-corrected chi connectivity index (χ3v) is 2.45. The first kappa shape index (κ1) is 13.5. The van der Waals surface area contributed by atoms with Crippen molar-refractivity contribution in [3.63, 3.8) is 0 Å². The molecule has 0 unspecified atom stereocenters. The molecule has 1 heterocycles. The summed E-state index contributed by atoms with van der Waals surface area (Å²) in [5.41, 5.74) is -2.03. The normalized spacial score (nSPS) is 12.5. The Kier molecular flexibility index (Phi) is 3.45. The van der Waals surface area contributed by atoms with Gasteiger partial charge in [-0.1, -0.05) is 13.8 Å². The van der Waals surface area contributed by atoms with Gasteiger partial charge in [0.25, 0.3) is 0 Å². The third kappa shape index (κ3) is 3.18. The van der Waals surface area contributed by atoms with E-state index in [0.717, 1.165) is 6.20 Å². The first-order valence-corrected chi connectivity index (χ1v) is 4.88. The molecule has 0 aliphatic heterocycles. The Morgan fingerprint density at radius 2 is 1.94 bits per heavy atom. The number of alkyl halides is 3. The van der Waals surface area contributed by atoms with E-state index in [4.69, 9.17) is 5.11 Å². The van der Waals surface area contributed by atoms with Crippen molar-refractivity contribution in [2.24, 2.45) is 0 Å².